The van der Waals surface area contributed by atoms with Crippen LogP contribution in [-0.4, -0.2) is 23.9 Å². The van der Waals surface area contributed by atoms with E-state index in [-0.39, 0.29) is 0 Å². The number of nitrogens with zero attached hydrogens (tertiary/aromatic N) is 2. The molecule has 0 spiro atoms. The number of anilines is 1. The van der Waals surface area contributed by atoms with Gasteiger partial charge in [-0.1, -0.05) is 19.1 Å². The van der Waals surface area contributed by atoms with Crippen molar-refractivity contribution in [3.63, 3.8) is 0 Å². The summed E-state index contributed by atoms with van der Waals surface area (Å²) in [6.45, 7) is 7.51. The molecule has 0 aliphatic heterocycles. The van der Waals surface area contributed by atoms with Gasteiger partial charge < -0.3 is 14.0 Å². The third kappa shape index (κ3) is 4.19. The number of hydrogen-bond donors (Lipinski definition) is 1. The van der Waals surface area contributed by atoms with Crippen molar-refractivity contribution in [2.45, 2.75) is 33.7 Å². The molecule has 6 heteroatoms. The highest BCUT2D eigenvalue weighted by atomic mass is 16.5. The fraction of sp³-hybridized carbons (Fsp3) is 0.304. The Morgan fingerprint density at radius 2 is 1.86 bits per heavy atom. The Hall–Kier alpha value is -3.46. The quantitative estimate of drug-likeness (QED) is 0.572. The zero-order valence-electron chi connectivity index (χ0n) is 17.0. The second-order valence-electron chi connectivity index (χ2n) is 6.52. The summed E-state index contributed by atoms with van der Waals surface area (Å²) < 4.78 is 12.7. The number of aryl methyl sites for hydroxylation is 1. The van der Waals surface area contributed by atoms with Gasteiger partial charge in [0.05, 0.1) is 30.0 Å². The summed E-state index contributed by atoms with van der Waals surface area (Å²) in [5.74, 6) is 0.792. The summed E-state index contributed by atoms with van der Waals surface area (Å²) in [6, 6.07) is 15.7. The molecule has 6 nitrogen and oxygen atoms in total. The predicted molar refractivity (Wildman–Crippen MR) is 114 cm³/mol. The smallest absolute Gasteiger partial charge is 0.411 e. The molecule has 0 aliphatic rings. The molecule has 1 heterocycles. The number of ether oxygens (including phenoxy) is 2. The van der Waals surface area contributed by atoms with Crippen molar-refractivity contribution in [1.82, 2.24) is 4.57 Å². The average Bonchev–Trinajstić information content (AvgIpc) is 3.02. The molecule has 3 rings (SSSR count). The van der Waals surface area contributed by atoms with E-state index < -0.39 is 6.09 Å². The molecular formula is C23H25N3O3. The molecule has 1 N–H and O–H groups in total. The molecule has 0 bridgehead atoms. The first kappa shape index (κ1) is 20.3. The summed E-state index contributed by atoms with van der Waals surface area (Å²) >= 11 is 0. The number of nitriles is 1. The molecule has 0 saturated heterocycles. The summed E-state index contributed by atoms with van der Waals surface area (Å²) in [5, 5.41) is 13.5. The summed E-state index contributed by atoms with van der Waals surface area (Å²) in [7, 11) is 0. The van der Waals surface area contributed by atoms with E-state index in [4.69, 9.17) is 9.47 Å². The van der Waals surface area contributed by atoms with E-state index in [0.717, 1.165) is 40.9 Å². The van der Waals surface area contributed by atoms with Crippen molar-refractivity contribution in [3.8, 4) is 23.1 Å². The Morgan fingerprint density at radius 3 is 2.48 bits per heavy atom. The van der Waals surface area contributed by atoms with Crippen LogP contribution in [0.25, 0.3) is 22.2 Å². The summed E-state index contributed by atoms with van der Waals surface area (Å²) in [6.07, 6.45) is 0.449. The highest BCUT2D eigenvalue weighted by Gasteiger charge is 2.19. The number of rotatable bonds is 7. The van der Waals surface area contributed by atoms with Crippen molar-refractivity contribution in [3.05, 3.63) is 48.0 Å². The minimum atomic E-state index is -0.485. The van der Waals surface area contributed by atoms with E-state index in [1.807, 2.05) is 49.4 Å². The van der Waals surface area contributed by atoms with Gasteiger partial charge in [-0.25, -0.2) is 4.79 Å². The fourth-order valence-electron chi connectivity index (χ4n) is 3.45. The van der Waals surface area contributed by atoms with Gasteiger partial charge in [-0.15, -0.1) is 0 Å². The Balaban J connectivity index is 2.09. The maximum atomic E-state index is 11.6. The summed E-state index contributed by atoms with van der Waals surface area (Å²) in [4.78, 5) is 11.6. The Morgan fingerprint density at radius 1 is 1.10 bits per heavy atom. The molecule has 1 amide bonds. The first-order valence-corrected chi connectivity index (χ1v) is 9.86. The van der Waals surface area contributed by atoms with Gasteiger partial charge in [0.2, 0.25) is 0 Å². The number of carbonyl (C=O) groups is 1. The molecular weight excluding hydrogens is 366 g/mol. The lowest BCUT2D eigenvalue weighted by Gasteiger charge is -2.12. The maximum Gasteiger partial charge on any atom is 0.411 e. The number of carbonyl (C=O) groups excluding carboxylic acids is 1. The molecule has 0 atom stereocenters. The van der Waals surface area contributed by atoms with Crippen LogP contribution in [0, 0.1) is 11.3 Å². The third-order valence-electron chi connectivity index (χ3n) is 4.59. The first-order valence-electron chi connectivity index (χ1n) is 9.86. The van der Waals surface area contributed by atoms with Crippen molar-refractivity contribution in [1.29, 1.82) is 5.26 Å². The number of fused-ring (bicyclic) bond motifs is 1. The largest absolute Gasteiger partial charge is 0.494 e. The van der Waals surface area contributed by atoms with Gasteiger partial charge in [0.25, 0.3) is 0 Å². The Labute approximate surface area is 170 Å². The molecule has 1 aromatic heterocycles. The van der Waals surface area contributed by atoms with Crippen LogP contribution in [0.5, 0.6) is 5.75 Å². The zero-order valence-corrected chi connectivity index (χ0v) is 17.0. The molecule has 3 aromatic rings. The number of nitrogens with one attached hydrogen (secondary N) is 1. The summed E-state index contributed by atoms with van der Waals surface area (Å²) in [5.41, 5.74) is 4.06. The van der Waals surface area contributed by atoms with Crippen molar-refractivity contribution in [2.24, 2.45) is 0 Å². The van der Waals surface area contributed by atoms with Crippen molar-refractivity contribution in [2.75, 3.05) is 18.5 Å². The molecule has 0 unspecified atom stereocenters. The highest BCUT2D eigenvalue weighted by molar-refractivity contribution is 5.95. The van der Waals surface area contributed by atoms with Gasteiger partial charge in [-0.3, -0.25) is 5.32 Å². The van der Waals surface area contributed by atoms with Crippen LogP contribution in [-0.2, 0) is 11.3 Å². The number of benzene rings is 2. The Bertz CT molecular complexity index is 1050. The van der Waals surface area contributed by atoms with E-state index in [1.54, 1.807) is 6.92 Å². The molecule has 150 valence electrons. The maximum absolute atomic E-state index is 11.6. The molecule has 2 aromatic carbocycles. The molecule has 0 fully saturated rings. The van der Waals surface area contributed by atoms with Crippen LogP contribution >= 0.6 is 0 Å². The predicted octanol–water partition coefficient (Wildman–Crippen LogP) is 5.56. The first-order chi connectivity index (χ1) is 14.1. The number of hydrogen-bond acceptors (Lipinski definition) is 4. The lowest BCUT2D eigenvalue weighted by molar-refractivity contribution is 0.168. The molecule has 0 radical (unpaired) electrons. The molecule has 0 saturated carbocycles. The van der Waals surface area contributed by atoms with E-state index >= 15 is 0 Å². The van der Waals surface area contributed by atoms with Crippen LogP contribution in [0.15, 0.2) is 42.5 Å². The van der Waals surface area contributed by atoms with Gasteiger partial charge in [0, 0.05) is 23.7 Å². The minimum Gasteiger partial charge on any atom is -0.494 e. The second kappa shape index (κ2) is 9.16. The second-order valence-corrected chi connectivity index (χ2v) is 6.52. The van der Waals surface area contributed by atoms with E-state index in [0.29, 0.717) is 24.5 Å². The van der Waals surface area contributed by atoms with Crippen LogP contribution in [0.3, 0.4) is 0 Å². The fourth-order valence-corrected chi connectivity index (χ4v) is 3.45. The van der Waals surface area contributed by atoms with Crippen LogP contribution in [0.2, 0.25) is 0 Å². The van der Waals surface area contributed by atoms with Crippen molar-refractivity contribution >= 4 is 22.7 Å². The van der Waals surface area contributed by atoms with Gasteiger partial charge in [-0.05, 0) is 50.1 Å². The SMILES string of the molecule is CCCn1c(-c2ccc(NC(=O)OCC)cc2)c(C#N)c2ccc(OCC)cc21. The van der Waals surface area contributed by atoms with Crippen LogP contribution < -0.4 is 10.1 Å². The van der Waals surface area contributed by atoms with Crippen LogP contribution in [0.1, 0.15) is 32.8 Å². The van der Waals surface area contributed by atoms with Gasteiger partial charge in [0.1, 0.15) is 11.8 Å². The molecule has 29 heavy (non-hydrogen) atoms. The normalized spacial score (nSPS) is 10.6. The Kier molecular flexibility index (Phi) is 6.40. The topological polar surface area (TPSA) is 76.3 Å². The number of amides is 1. The van der Waals surface area contributed by atoms with E-state index in [2.05, 4.69) is 22.9 Å². The van der Waals surface area contributed by atoms with Crippen LogP contribution in [0.4, 0.5) is 10.5 Å². The van der Waals surface area contributed by atoms with Gasteiger partial charge in [-0.2, -0.15) is 5.26 Å². The highest BCUT2D eigenvalue weighted by Crippen LogP contribution is 2.36. The minimum absolute atomic E-state index is 0.316. The van der Waals surface area contributed by atoms with Gasteiger partial charge >= 0.3 is 6.09 Å². The van der Waals surface area contributed by atoms with Gasteiger partial charge in [0.15, 0.2) is 0 Å². The van der Waals surface area contributed by atoms with E-state index in [1.165, 1.54) is 0 Å². The molecule has 0 aliphatic carbocycles. The lowest BCUT2D eigenvalue weighted by Crippen LogP contribution is -2.13. The standard InChI is InChI=1S/C23H25N3O3/c1-4-13-26-21-14-18(28-5-2)11-12-19(21)20(15-24)22(26)16-7-9-17(10-8-16)25-23(27)29-6-3/h7-12,14H,4-6,13H2,1-3H3,(H,25,27). The zero-order chi connectivity index (χ0) is 20.8. The van der Waals surface area contributed by atoms with E-state index in [9.17, 15) is 10.1 Å². The third-order valence-corrected chi connectivity index (χ3v) is 4.59. The van der Waals surface area contributed by atoms with Crippen molar-refractivity contribution < 1.29 is 14.3 Å². The number of aromatic nitrogens is 1. The average molecular weight is 391 g/mol. The lowest BCUT2D eigenvalue weighted by atomic mass is 10.1. The monoisotopic (exact) mass is 391 g/mol.